The van der Waals surface area contributed by atoms with E-state index >= 15 is 0 Å². The average molecular weight is 331 g/mol. The second-order valence-corrected chi connectivity index (χ2v) is 7.68. The van der Waals surface area contributed by atoms with Crippen LogP contribution in [0.25, 0.3) is 6.08 Å². The lowest BCUT2D eigenvalue weighted by Crippen LogP contribution is -2.66. The van der Waals surface area contributed by atoms with Gasteiger partial charge in [0.25, 0.3) is 0 Å². The maximum absolute atomic E-state index is 12.7. The molecule has 5 heteroatoms. The molecule has 0 bridgehead atoms. The number of carbonyl (C=O) groups is 1. The molecule has 1 aliphatic rings. The van der Waals surface area contributed by atoms with Gasteiger partial charge in [-0.1, -0.05) is 12.1 Å². The highest BCUT2D eigenvalue weighted by molar-refractivity contribution is 5.78. The summed E-state index contributed by atoms with van der Waals surface area (Å²) in [6, 6.07) is 7.68. The summed E-state index contributed by atoms with van der Waals surface area (Å²) in [5, 5.41) is 2.89. The lowest BCUT2D eigenvalue weighted by molar-refractivity contribution is 0.00444. The number of methoxy groups -OCH3 is 1. The summed E-state index contributed by atoms with van der Waals surface area (Å²) < 4.78 is 5.13. The first kappa shape index (κ1) is 18.3. The minimum Gasteiger partial charge on any atom is -0.497 e. The molecule has 1 aromatic rings. The Balaban J connectivity index is 2.06. The lowest BCUT2D eigenvalue weighted by Gasteiger charge is -2.54. The van der Waals surface area contributed by atoms with Crippen molar-refractivity contribution in [3.8, 4) is 5.75 Å². The first-order chi connectivity index (χ1) is 11.2. The molecule has 132 valence electrons. The van der Waals surface area contributed by atoms with E-state index < -0.39 is 0 Å². The van der Waals surface area contributed by atoms with Crippen LogP contribution in [0.2, 0.25) is 0 Å². The van der Waals surface area contributed by atoms with Crippen molar-refractivity contribution in [3.05, 3.63) is 36.0 Å². The van der Waals surface area contributed by atoms with Crippen LogP contribution in [0.5, 0.6) is 5.75 Å². The van der Waals surface area contributed by atoms with Crippen molar-refractivity contribution in [1.29, 1.82) is 0 Å². The fourth-order valence-corrected chi connectivity index (χ4v) is 3.90. The molecule has 0 radical (unpaired) electrons. The van der Waals surface area contributed by atoms with E-state index in [0.29, 0.717) is 0 Å². The summed E-state index contributed by atoms with van der Waals surface area (Å²) in [6.07, 6.45) is 5.15. The quantitative estimate of drug-likeness (QED) is 0.892. The van der Waals surface area contributed by atoms with Gasteiger partial charge < -0.3 is 20.7 Å². The number of urea groups is 1. The van der Waals surface area contributed by atoms with Gasteiger partial charge in [0.15, 0.2) is 0 Å². The van der Waals surface area contributed by atoms with Gasteiger partial charge in [0, 0.05) is 23.3 Å². The minimum absolute atomic E-state index is 0.0957. The first-order valence-corrected chi connectivity index (χ1v) is 8.33. The van der Waals surface area contributed by atoms with Gasteiger partial charge in [-0.3, -0.25) is 0 Å². The van der Waals surface area contributed by atoms with Crippen LogP contribution < -0.4 is 15.8 Å². The Morgan fingerprint density at radius 3 is 2.25 bits per heavy atom. The largest absolute Gasteiger partial charge is 0.497 e. The van der Waals surface area contributed by atoms with Gasteiger partial charge in [-0.05, 0) is 64.3 Å². The lowest BCUT2D eigenvalue weighted by atomic mass is 9.77. The Kier molecular flexibility index (Phi) is 5.23. The molecule has 0 spiro atoms. The molecule has 0 atom stereocenters. The maximum atomic E-state index is 12.7. The zero-order valence-electron chi connectivity index (χ0n) is 15.3. The van der Waals surface area contributed by atoms with Crippen molar-refractivity contribution in [1.82, 2.24) is 10.2 Å². The number of likely N-dealkylation sites (tertiary alicyclic amines) is 1. The van der Waals surface area contributed by atoms with E-state index in [2.05, 4.69) is 33.0 Å². The number of hydrogen-bond acceptors (Lipinski definition) is 3. The highest BCUT2D eigenvalue weighted by atomic mass is 16.5. The van der Waals surface area contributed by atoms with E-state index in [-0.39, 0.29) is 23.2 Å². The molecule has 2 amide bonds. The molecule has 3 N–H and O–H groups in total. The van der Waals surface area contributed by atoms with Gasteiger partial charge in [-0.2, -0.15) is 0 Å². The zero-order chi connectivity index (χ0) is 18.0. The van der Waals surface area contributed by atoms with Gasteiger partial charge in [0.2, 0.25) is 0 Å². The summed E-state index contributed by atoms with van der Waals surface area (Å²) in [4.78, 5) is 14.6. The second-order valence-electron chi connectivity index (χ2n) is 7.68. The van der Waals surface area contributed by atoms with Gasteiger partial charge in [-0.25, -0.2) is 4.79 Å². The normalized spacial score (nSPS) is 20.2. The summed E-state index contributed by atoms with van der Waals surface area (Å²) in [6.45, 7) is 8.28. The molecule has 1 aliphatic heterocycles. The number of rotatable bonds is 3. The van der Waals surface area contributed by atoms with E-state index in [9.17, 15) is 4.79 Å². The van der Waals surface area contributed by atoms with Crippen molar-refractivity contribution in [2.24, 2.45) is 5.73 Å². The number of nitrogens with one attached hydrogen (secondary N) is 1. The first-order valence-electron chi connectivity index (χ1n) is 8.33. The van der Waals surface area contributed by atoms with Crippen LogP contribution in [0.3, 0.4) is 0 Å². The smallest absolute Gasteiger partial charge is 0.322 e. The standard InChI is InChI=1S/C19H29N3O2/c1-18(2)12-15(20)13-19(3,4)22(18)17(23)21-11-10-14-6-8-16(24-5)9-7-14/h6-11,15H,12-13,20H2,1-5H3,(H,21,23)/b11-10+. The minimum atomic E-state index is -0.279. The van der Waals surface area contributed by atoms with Gasteiger partial charge >= 0.3 is 6.03 Å². The van der Waals surface area contributed by atoms with Crippen LogP contribution in [-0.4, -0.2) is 35.2 Å². The summed E-state index contributed by atoms with van der Waals surface area (Å²) in [5.41, 5.74) is 6.60. The van der Waals surface area contributed by atoms with E-state index in [1.54, 1.807) is 13.3 Å². The monoisotopic (exact) mass is 331 g/mol. The Morgan fingerprint density at radius 1 is 1.21 bits per heavy atom. The van der Waals surface area contributed by atoms with Crippen molar-refractivity contribution >= 4 is 12.1 Å². The molecule has 0 unspecified atom stereocenters. The van der Waals surface area contributed by atoms with E-state index in [4.69, 9.17) is 10.5 Å². The number of ether oxygens (including phenoxy) is 1. The molecule has 1 aromatic carbocycles. The molecule has 24 heavy (non-hydrogen) atoms. The van der Waals surface area contributed by atoms with Crippen LogP contribution >= 0.6 is 0 Å². The predicted octanol–water partition coefficient (Wildman–Crippen LogP) is 3.36. The molecule has 0 saturated carbocycles. The molecule has 2 rings (SSSR count). The second kappa shape index (κ2) is 6.85. The third-order valence-electron chi connectivity index (χ3n) is 4.54. The predicted molar refractivity (Wildman–Crippen MR) is 97.8 cm³/mol. The number of nitrogens with zero attached hydrogens (tertiary/aromatic N) is 1. The molecular formula is C19H29N3O2. The number of amides is 2. The Bertz CT molecular complexity index is 588. The van der Waals surface area contributed by atoms with Crippen LogP contribution in [0.4, 0.5) is 4.79 Å². The van der Waals surface area contributed by atoms with Crippen molar-refractivity contribution in [3.63, 3.8) is 0 Å². The highest BCUT2D eigenvalue weighted by Crippen LogP contribution is 2.37. The van der Waals surface area contributed by atoms with Crippen molar-refractivity contribution < 1.29 is 9.53 Å². The van der Waals surface area contributed by atoms with Crippen LogP contribution in [-0.2, 0) is 0 Å². The molecule has 5 nitrogen and oxygen atoms in total. The molecule has 1 saturated heterocycles. The van der Waals surface area contributed by atoms with Crippen LogP contribution in [0.15, 0.2) is 30.5 Å². The molecule has 1 heterocycles. The zero-order valence-corrected chi connectivity index (χ0v) is 15.3. The van der Waals surface area contributed by atoms with Crippen LogP contribution in [0, 0.1) is 0 Å². The van der Waals surface area contributed by atoms with Gasteiger partial charge in [0.1, 0.15) is 5.75 Å². The SMILES string of the molecule is COc1ccc(/C=C/NC(=O)N2C(C)(C)CC(N)CC2(C)C)cc1. The van der Waals surface area contributed by atoms with E-state index in [1.165, 1.54) is 0 Å². The average Bonchev–Trinajstić information content (AvgIpc) is 2.44. The Labute approximate surface area is 144 Å². The molecular weight excluding hydrogens is 302 g/mol. The van der Waals surface area contributed by atoms with Crippen molar-refractivity contribution in [2.45, 2.75) is 57.7 Å². The fourth-order valence-electron chi connectivity index (χ4n) is 3.90. The van der Waals surface area contributed by atoms with Gasteiger partial charge in [0.05, 0.1) is 7.11 Å². The number of hydrogen-bond donors (Lipinski definition) is 2. The maximum Gasteiger partial charge on any atom is 0.322 e. The summed E-state index contributed by atoms with van der Waals surface area (Å²) >= 11 is 0. The Morgan fingerprint density at radius 2 is 1.75 bits per heavy atom. The number of carbonyl (C=O) groups excluding carboxylic acids is 1. The molecule has 0 aliphatic carbocycles. The number of benzene rings is 1. The highest BCUT2D eigenvalue weighted by Gasteiger charge is 2.46. The van der Waals surface area contributed by atoms with E-state index in [0.717, 1.165) is 24.2 Å². The van der Waals surface area contributed by atoms with E-state index in [1.807, 2.05) is 35.2 Å². The van der Waals surface area contributed by atoms with Gasteiger partial charge in [-0.15, -0.1) is 0 Å². The fraction of sp³-hybridized carbons (Fsp3) is 0.526. The third kappa shape index (κ3) is 4.09. The van der Waals surface area contributed by atoms with Crippen LogP contribution in [0.1, 0.15) is 46.1 Å². The summed E-state index contributed by atoms with van der Waals surface area (Å²) in [5.74, 6) is 0.810. The van der Waals surface area contributed by atoms with Crippen molar-refractivity contribution in [2.75, 3.05) is 7.11 Å². The topological polar surface area (TPSA) is 67.6 Å². The third-order valence-corrected chi connectivity index (χ3v) is 4.54. The number of piperidine rings is 1. The molecule has 1 fully saturated rings. The molecule has 0 aromatic heterocycles. The summed E-state index contributed by atoms with van der Waals surface area (Å²) in [7, 11) is 1.64. The number of nitrogens with two attached hydrogens (primary N) is 1. The Hall–Kier alpha value is -2.01.